The molecule has 2 aromatic carbocycles. The number of nitrogens with one attached hydrogen (secondary N) is 1. The summed E-state index contributed by atoms with van der Waals surface area (Å²) in [7, 11) is -2.36. The van der Waals surface area contributed by atoms with Gasteiger partial charge in [0.25, 0.3) is 5.89 Å². The Morgan fingerprint density at radius 2 is 1.96 bits per heavy atom. The van der Waals surface area contributed by atoms with Gasteiger partial charge >= 0.3 is 5.97 Å². The van der Waals surface area contributed by atoms with Crippen LogP contribution in [0, 0.1) is 6.92 Å². The summed E-state index contributed by atoms with van der Waals surface area (Å²) in [6, 6.07) is 13.1. The van der Waals surface area contributed by atoms with Gasteiger partial charge in [-0.25, -0.2) is 17.9 Å². The third kappa shape index (κ3) is 4.21. The number of sulfonamides is 1. The zero-order valence-corrected chi connectivity index (χ0v) is 15.5. The third-order valence-electron chi connectivity index (χ3n) is 3.83. The first-order chi connectivity index (χ1) is 12.9. The van der Waals surface area contributed by atoms with Crippen molar-refractivity contribution in [2.45, 2.75) is 18.4 Å². The third-order valence-corrected chi connectivity index (χ3v) is 5.24. The number of ether oxygens (including phenoxy) is 1. The second-order valence-corrected chi connectivity index (χ2v) is 7.52. The molecule has 0 spiro atoms. The number of carbonyl (C=O) groups excluding carboxylic acids is 1. The zero-order chi connectivity index (χ0) is 19.4. The predicted octanol–water partition coefficient (Wildman–Crippen LogP) is 2.31. The number of hydrogen-bond donors (Lipinski definition) is 1. The van der Waals surface area contributed by atoms with Crippen molar-refractivity contribution >= 4 is 16.0 Å². The van der Waals surface area contributed by atoms with Crippen LogP contribution < -0.4 is 4.72 Å². The summed E-state index contributed by atoms with van der Waals surface area (Å²) in [6.07, 6.45) is 0. The molecule has 0 aliphatic rings. The minimum absolute atomic E-state index is 0.0286. The molecular formula is C18H17N3O5S. The Kier molecular flexibility index (Phi) is 5.33. The number of esters is 1. The van der Waals surface area contributed by atoms with E-state index in [0.29, 0.717) is 5.82 Å². The van der Waals surface area contributed by atoms with E-state index in [1.165, 1.54) is 31.3 Å². The predicted molar refractivity (Wildman–Crippen MR) is 96.3 cm³/mol. The molecule has 0 fully saturated rings. The number of benzene rings is 2. The molecule has 0 unspecified atom stereocenters. The van der Waals surface area contributed by atoms with Crippen LogP contribution in [0.4, 0.5) is 0 Å². The van der Waals surface area contributed by atoms with Gasteiger partial charge < -0.3 is 9.26 Å². The molecule has 1 N–H and O–H groups in total. The normalized spacial score (nSPS) is 11.3. The first-order valence-corrected chi connectivity index (χ1v) is 9.48. The number of aromatic nitrogens is 2. The molecule has 0 saturated heterocycles. The fourth-order valence-corrected chi connectivity index (χ4v) is 3.14. The van der Waals surface area contributed by atoms with Gasteiger partial charge in [0.1, 0.15) is 0 Å². The van der Waals surface area contributed by atoms with Crippen molar-refractivity contribution in [1.29, 1.82) is 0 Å². The van der Waals surface area contributed by atoms with Crippen molar-refractivity contribution in [3.05, 3.63) is 65.5 Å². The standard InChI is InChI=1S/C18H17N3O5S/c1-12-6-3-4-9-15(12)17-20-16(26-21-17)11-25-18(22)13-7-5-8-14(10-13)27(23,24)19-2/h3-10,19H,11H2,1-2H3. The fraction of sp³-hybridized carbons (Fsp3) is 0.167. The highest BCUT2D eigenvalue weighted by atomic mass is 32.2. The van der Waals surface area contributed by atoms with Gasteiger partial charge in [0.05, 0.1) is 10.5 Å². The molecule has 0 aliphatic heterocycles. The first kappa shape index (κ1) is 18.7. The van der Waals surface area contributed by atoms with Crippen LogP contribution in [0.25, 0.3) is 11.4 Å². The summed E-state index contributed by atoms with van der Waals surface area (Å²) in [4.78, 5) is 16.4. The molecule has 3 aromatic rings. The molecular weight excluding hydrogens is 370 g/mol. The maximum atomic E-state index is 12.2. The van der Waals surface area contributed by atoms with E-state index in [9.17, 15) is 13.2 Å². The van der Waals surface area contributed by atoms with Crippen LogP contribution in [0.5, 0.6) is 0 Å². The van der Waals surface area contributed by atoms with Crippen LogP contribution in [0.1, 0.15) is 21.8 Å². The summed E-state index contributed by atoms with van der Waals surface area (Å²) in [6.45, 7) is 1.71. The number of aryl methyl sites for hydroxylation is 1. The molecule has 0 aliphatic carbocycles. The number of rotatable bonds is 6. The van der Waals surface area contributed by atoms with Crippen molar-refractivity contribution in [2.75, 3.05) is 7.05 Å². The van der Waals surface area contributed by atoms with Gasteiger partial charge in [-0.05, 0) is 37.7 Å². The number of nitrogens with zero attached hydrogens (tertiary/aromatic N) is 2. The Morgan fingerprint density at radius 1 is 1.19 bits per heavy atom. The van der Waals surface area contributed by atoms with Gasteiger partial charge in [-0.1, -0.05) is 35.5 Å². The van der Waals surface area contributed by atoms with Crippen LogP contribution in [0.15, 0.2) is 57.9 Å². The number of carbonyl (C=O) groups is 1. The quantitative estimate of drug-likeness (QED) is 0.646. The van der Waals surface area contributed by atoms with E-state index >= 15 is 0 Å². The maximum absolute atomic E-state index is 12.2. The zero-order valence-electron chi connectivity index (χ0n) is 14.7. The second-order valence-electron chi connectivity index (χ2n) is 5.64. The molecule has 0 atom stereocenters. The Labute approximate surface area is 156 Å². The molecule has 9 heteroatoms. The van der Waals surface area contributed by atoms with Gasteiger partial charge in [-0.3, -0.25) is 0 Å². The van der Waals surface area contributed by atoms with Gasteiger partial charge in [0.2, 0.25) is 15.8 Å². The molecule has 0 saturated carbocycles. The summed E-state index contributed by atoms with van der Waals surface area (Å²) >= 11 is 0. The fourth-order valence-electron chi connectivity index (χ4n) is 2.37. The Hall–Kier alpha value is -3.04. The lowest BCUT2D eigenvalue weighted by molar-refractivity contribution is 0.0429. The van der Waals surface area contributed by atoms with Crippen molar-refractivity contribution < 1.29 is 22.5 Å². The maximum Gasteiger partial charge on any atom is 0.338 e. The van der Waals surface area contributed by atoms with Gasteiger partial charge in [0.15, 0.2) is 6.61 Å². The highest BCUT2D eigenvalue weighted by Gasteiger charge is 2.17. The van der Waals surface area contributed by atoms with Crippen LogP contribution in [-0.2, 0) is 21.4 Å². The summed E-state index contributed by atoms with van der Waals surface area (Å²) < 4.78 is 36.1. The molecule has 0 bridgehead atoms. The van der Waals surface area contributed by atoms with Crippen LogP contribution in [0.3, 0.4) is 0 Å². The van der Waals surface area contributed by atoms with Gasteiger partial charge in [0, 0.05) is 5.56 Å². The molecule has 27 heavy (non-hydrogen) atoms. The van der Waals surface area contributed by atoms with Crippen LogP contribution in [-0.4, -0.2) is 31.6 Å². The van der Waals surface area contributed by atoms with Crippen molar-refractivity contribution in [3.63, 3.8) is 0 Å². The van der Waals surface area contributed by atoms with Crippen molar-refractivity contribution in [1.82, 2.24) is 14.9 Å². The van der Waals surface area contributed by atoms with Gasteiger partial charge in [-0.2, -0.15) is 4.98 Å². The average molecular weight is 387 g/mol. The monoisotopic (exact) mass is 387 g/mol. The molecule has 1 heterocycles. The Morgan fingerprint density at radius 3 is 2.70 bits per heavy atom. The minimum Gasteiger partial charge on any atom is -0.452 e. The van der Waals surface area contributed by atoms with Gasteiger partial charge in [-0.15, -0.1) is 0 Å². The van der Waals surface area contributed by atoms with E-state index in [-0.39, 0.29) is 23.0 Å². The Balaban J connectivity index is 1.70. The van der Waals surface area contributed by atoms with E-state index in [4.69, 9.17) is 9.26 Å². The molecule has 8 nitrogen and oxygen atoms in total. The smallest absolute Gasteiger partial charge is 0.338 e. The molecule has 0 radical (unpaired) electrons. The lowest BCUT2D eigenvalue weighted by Crippen LogP contribution is -2.19. The molecule has 1 aromatic heterocycles. The summed E-state index contributed by atoms with van der Waals surface area (Å²) in [5, 5.41) is 3.89. The minimum atomic E-state index is -3.65. The molecule has 140 valence electrons. The largest absolute Gasteiger partial charge is 0.452 e. The van der Waals surface area contributed by atoms with Crippen molar-refractivity contribution in [3.8, 4) is 11.4 Å². The topological polar surface area (TPSA) is 111 Å². The lowest BCUT2D eigenvalue weighted by atomic mass is 10.1. The lowest BCUT2D eigenvalue weighted by Gasteiger charge is -2.05. The Bertz CT molecular complexity index is 1080. The van der Waals surface area contributed by atoms with E-state index in [2.05, 4.69) is 14.9 Å². The first-order valence-electron chi connectivity index (χ1n) is 8.00. The second kappa shape index (κ2) is 7.68. The van der Waals surface area contributed by atoms with Crippen LogP contribution in [0.2, 0.25) is 0 Å². The van der Waals surface area contributed by atoms with Crippen molar-refractivity contribution in [2.24, 2.45) is 0 Å². The SMILES string of the molecule is CNS(=O)(=O)c1cccc(C(=O)OCc2nc(-c3ccccc3C)no2)c1. The highest BCUT2D eigenvalue weighted by Crippen LogP contribution is 2.20. The van der Waals surface area contributed by atoms with Crippen LogP contribution >= 0.6 is 0 Å². The van der Waals surface area contributed by atoms with E-state index in [0.717, 1.165) is 11.1 Å². The van der Waals surface area contributed by atoms with E-state index in [1.807, 2.05) is 31.2 Å². The highest BCUT2D eigenvalue weighted by molar-refractivity contribution is 7.89. The van der Waals surface area contributed by atoms with E-state index < -0.39 is 16.0 Å². The molecule has 0 amide bonds. The average Bonchev–Trinajstić information content (AvgIpc) is 3.15. The number of hydrogen-bond acceptors (Lipinski definition) is 7. The summed E-state index contributed by atoms with van der Waals surface area (Å²) in [5.74, 6) is -0.152. The van der Waals surface area contributed by atoms with E-state index in [1.54, 1.807) is 0 Å². The molecule has 3 rings (SSSR count). The summed E-state index contributed by atoms with van der Waals surface area (Å²) in [5.41, 5.74) is 1.91.